The quantitative estimate of drug-likeness (QED) is 0.738. The van der Waals surface area contributed by atoms with Gasteiger partial charge in [-0.2, -0.15) is 0 Å². The van der Waals surface area contributed by atoms with Gasteiger partial charge >= 0.3 is 0 Å². The van der Waals surface area contributed by atoms with Crippen molar-refractivity contribution in [1.29, 1.82) is 0 Å². The first-order valence-electron chi connectivity index (χ1n) is 6.61. The first kappa shape index (κ1) is 15.9. The second-order valence-electron chi connectivity index (χ2n) is 4.68. The first-order valence-corrected chi connectivity index (χ1v) is 8.28. The molecule has 1 rings (SSSR count). The molecule has 0 bridgehead atoms. The second kappa shape index (κ2) is 8.83. The molecule has 0 radical (unpaired) electrons. The molecule has 102 valence electrons. The van der Waals surface area contributed by atoms with E-state index in [4.69, 9.17) is 5.73 Å². The van der Waals surface area contributed by atoms with E-state index in [0.29, 0.717) is 24.5 Å². The largest absolute Gasteiger partial charge is 0.330 e. The summed E-state index contributed by atoms with van der Waals surface area (Å²) in [6.45, 7) is 2.92. The number of rotatable bonds is 9. The van der Waals surface area contributed by atoms with E-state index >= 15 is 0 Å². The van der Waals surface area contributed by atoms with Crippen LogP contribution in [0.4, 0.5) is 0 Å². The Kier molecular flexibility index (Phi) is 7.79. The highest BCUT2D eigenvalue weighted by Gasteiger charge is 2.12. The number of carbonyl (C=O) groups excluding carboxylic acids is 1. The zero-order valence-corrected chi connectivity index (χ0v) is 13.4. The Morgan fingerprint density at radius 1 is 1.44 bits per heavy atom. The van der Waals surface area contributed by atoms with Crippen molar-refractivity contribution in [2.75, 3.05) is 6.54 Å². The van der Waals surface area contributed by atoms with Crippen LogP contribution in [0.5, 0.6) is 0 Å². The topological polar surface area (TPSA) is 43.1 Å². The van der Waals surface area contributed by atoms with E-state index in [-0.39, 0.29) is 0 Å². The number of hydrogen-bond donors (Lipinski definition) is 1. The van der Waals surface area contributed by atoms with E-state index in [2.05, 4.69) is 22.9 Å². The fraction of sp³-hybridized carbons (Fsp3) is 0.643. The summed E-state index contributed by atoms with van der Waals surface area (Å²) in [4.78, 5) is 13.1. The van der Waals surface area contributed by atoms with Gasteiger partial charge in [0.2, 0.25) is 0 Å². The summed E-state index contributed by atoms with van der Waals surface area (Å²) in [7, 11) is 0. The van der Waals surface area contributed by atoms with Gasteiger partial charge in [0.25, 0.3) is 0 Å². The van der Waals surface area contributed by atoms with E-state index in [1.807, 2.05) is 11.4 Å². The monoisotopic (exact) mass is 331 g/mol. The van der Waals surface area contributed by atoms with Crippen LogP contribution in [0.15, 0.2) is 15.9 Å². The maximum atomic E-state index is 11.9. The van der Waals surface area contributed by atoms with E-state index < -0.39 is 0 Å². The van der Waals surface area contributed by atoms with Crippen molar-refractivity contribution >= 4 is 33.0 Å². The van der Waals surface area contributed by atoms with Gasteiger partial charge in [0.05, 0.1) is 0 Å². The molecule has 2 N–H and O–H groups in total. The Labute approximate surface area is 122 Å². The van der Waals surface area contributed by atoms with Crippen molar-refractivity contribution < 1.29 is 4.79 Å². The molecule has 0 fully saturated rings. The Balaban J connectivity index is 2.33. The lowest BCUT2D eigenvalue weighted by atomic mass is 9.93. The molecule has 1 aromatic heterocycles. The van der Waals surface area contributed by atoms with Crippen LogP contribution in [-0.4, -0.2) is 12.3 Å². The van der Waals surface area contributed by atoms with E-state index in [1.165, 1.54) is 12.8 Å². The van der Waals surface area contributed by atoms with Crippen LogP contribution < -0.4 is 5.73 Å². The Morgan fingerprint density at radius 3 is 2.78 bits per heavy atom. The summed E-state index contributed by atoms with van der Waals surface area (Å²) in [5, 5.41) is 2.01. The number of thiophene rings is 1. The minimum atomic E-state index is 0.344. The van der Waals surface area contributed by atoms with Gasteiger partial charge < -0.3 is 5.73 Å². The molecule has 1 atom stereocenters. The highest BCUT2D eigenvalue weighted by molar-refractivity contribution is 9.10. The highest BCUT2D eigenvalue weighted by Crippen LogP contribution is 2.24. The number of hydrogen-bond acceptors (Lipinski definition) is 3. The fourth-order valence-corrected chi connectivity index (χ4v) is 3.68. The predicted octanol–water partition coefficient (Wildman–Crippen LogP) is 4.17. The number of nitrogens with two attached hydrogens (primary N) is 1. The number of halogens is 1. The Bertz CT molecular complexity index is 358. The maximum Gasteiger partial charge on any atom is 0.138 e. The fourth-order valence-electron chi connectivity index (χ4n) is 2.16. The molecule has 0 spiro atoms. The van der Waals surface area contributed by atoms with Gasteiger partial charge in [-0.15, -0.1) is 11.3 Å². The maximum absolute atomic E-state index is 11.9. The van der Waals surface area contributed by atoms with Crippen LogP contribution in [0.25, 0.3) is 0 Å². The van der Waals surface area contributed by atoms with Crippen molar-refractivity contribution in [3.8, 4) is 0 Å². The first-order chi connectivity index (χ1) is 8.67. The van der Waals surface area contributed by atoms with Gasteiger partial charge in [-0.1, -0.05) is 19.8 Å². The van der Waals surface area contributed by atoms with E-state index in [9.17, 15) is 4.79 Å². The summed E-state index contributed by atoms with van der Waals surface area (Å²) in [5.74, 6) is 0.965. The number of ketones is 1. The zero-order chi connectivity index (χ0) is 13.4. The summed E-state index contributed by atoms with van der Waals surface area (Å²) < 4.78 is 1.06. The zero-order valence-electron chi connectivity index (χ0n) is 11.0. The molecule has 18 heavy (non-hydrogen) atoms. The third-order valence-corrected chi connectivity index (χ3v) is 5.08. The molecule has 4 heteroatoms. The van der Waals surface area contributed by atoms with Gasteiger partial charge in [0.15, 0.2) is 0 Å². The Hall–Kier alpha value is -0.190. The van der Waals surface area contributed by atoms with Crippen LogP contribution in [0.1, 0.15) is 43.9 Å². The third-order valence-electron chi connectivity index (χ3n) is 3.15. The number of carbonyl (C=O) groups is 1. The molecule has 1 unspecified atom stereocenters. The molecule has 1 aromatic rings. The van der Waals surface area contributed by atoms with E-state index in [0.717, 1.165) is 28.7 Å². The molecule has 0 amide bonds. The molecular weight excluding hydrogens is 310 g/mol. The molecule has 2 nitrogen and oxygen atoms in total. The lowest BCUT2D eigenvalue weighted by Gasteiger charge is -2.14. The van der Waals surface area contributed by atoms with Gasteiger partial charge in [-0.25, -0.2) is 0 Å². The van der Waals surface area contributed by atoms with Crippen molar-refractivity contribution in [3.63, 3.8) is 0 Å². The van der Waals surface area contributed by atoms with Crippen molar-refractivity contribution in [2.45, 2.75) is 45.4 Å². The van der Waals surface area contributed by atoms with E-state index in [1.54, 1.807) is 11.3 Å². The highest BCUT2D eigenvalue weighted by atomic mass is 79.9. The average molecular weight is 332 g/mol. The molecule has 0 saturated heterocycles. The van der Waals surface area contributed by atoms with Crippen molar-refractivity contribution in [2.24, 2.45) is 11.7 Å². The molecule has 0 aliphatic heterocycles. The summed E-state index contributed by atoms with van der Waals surface area (Å²) >= 11 is 5.11. The smallest absolute Gasteiger partial charge is 0.138 e. The summed E-state index contributed by atoms with van der Waals surface area (Å²) in [6, 6.07) is 2.00. The molecule has 0 aliphatic rings. The summed E-state index contributed by atoms with van der Waals surface area (Å²) in [5.41, 5.74) is 5.61. The Morgan fingerprint density at radius 2 is 2.22 bits per heavy atom. The predicted molar refractivity (Wildman–Crippen MR) is 82.0 cm³/mol. The second-order valence-corrected chi connectivity index (χ2v) is 6.53. The molecule has 0 aromatic carbocycles. The molecular formula is C14H22BrNOS. The minimum absolute atomic E-state index is 0.344. The summed E-state index contributed by atoms with van der Waals surface area (Å²) in [6.07, 6.45) is 5.66. The van der Waals surface area contributed by atoms with Crippen molar-refractivity contribution in [3.05, 3.63) is 20.8 Å². The normalized spacial score (nSPS) is 12.6. The van der Waals surface area contributed by atoms with Gasteiger partial charge in [0.1, 0.15) is 5.78 Å². The van der Waals surface area contributed by atoms with Crippen LogP contribution in [0.3, 0.4) is 0 Å². The van der Waals surface area contributed by atoms with Crippen LogP contribution >= 0.6 is 27.3 Å². The molecule has 1 heterocycles. The van der Waals surface area contributed by atoms with Gasteiger partial charge in [-0.05, 0) is 52.7 Å². The van der Waals surface area contributed by atoms with Gasteiger partial charge in [-0.3, -0.25) is 4.79 Å². The standard InChI is InChI=1S/C14H22BrNOS/c1-2-3-11(6-8-16)4-5-12(17)10-14-13(15)7-9-18-14/h7,9,11H,2-6,8,10,16H2,1H3. The van der Waals surface area contributed by atoms with Crippen LogP contribution in [0.2, 0.25) is 0 Å². The lowest BCUT2D eigenvalue weighted by Crippen LogP contribution is -2.11. The minimum Gasteiger partial charge on any atom is -0.330 e. The lowest BCUT2D eigenvalue weighted by molar-refractivity contribution is -0.118. The average Bonchev–Trinajstić information content (AvgIpc) is 2.73. The third kappa shape index (κ3) is 5.63. The number of Topliss-reactive ketones (excluding diaryl/α,β-unsaturated/α-hetero) is 1. The molecule has 0 saturated carbocycles. The SMILES string of the molecule is CCCC(CCN)CCC(=O)Cc1sccc1Br. The van der Waals surface area contributed by atoms with Crippen molar-refractivity contribution in [1.82, 2.24) is 0 Å². The van der Waals surface area contributed by atoms with Crippen LogP contribution in [-0.2, 0) is 11.2 Å². The van der Waals surface area contributed by atoms with Crippen LogP contribution in [0, 0.1) is 5.92 Å². The molecule has 0 aliphatic carbocycles. The van der Waals surface area contributed by atoms with Gasteiger partial charge in [0, 0.05) is 22.2 Å².